The largest absolute Gasteiger partial charge is 0.417 e. The zero-order valence-corrected chi connectivity index (χ0v) is 13.2. The van der Waals surface area contributed by atoms with Gasteiger partial charge in [0, 0.05) is 30.8 Å². The summed E-state index contributed by atoms with van der Waals surface area (Å²) >= 11 is 5.88. The van der Waals surface area contributed by atoms with E-state index in [4.69, 9.17) is 16.3 Å². The summed E-state index contributed by atoms with van der Waals surface area (Å²) in [5.74, 6) is -0.0500. The molecular weight excluding hydrogens is 338 g/mol. The lowest BCUT2D eigenvalue weighted by Crippen LogP contribution is -2.17. The molecule has 0 spiro atoms. The van der Waals surface area contributed by atoms with Crippen LogP contribution in [0.5, 0.6) is 5.75 Å². The molecule has 0 unspecified atom stereocenters. The smallest absolute Gasteiger partial charge is 0.410 e. The lowest BCUT2D eigenvalue weighted by atomic mass is 10.3. The summed E-state index contributed by atoms with van der Waals surface area (Å²) in [4.78, 5) is 32.9. The molecule has 24 heavy (non-hydrogen) atoms. The maximum absolute atomic E-state index is 11.9. The van der Waals surface area contributed by atoms with Gasteiger partial charge in [0.2, 0.25) is 5.91 Å². The Balaban J connectivity index is 2.06. The fourth-order valence-electron chi connectivity index (χ4n) is 1.80. The molecule has 124 valence electrons. The van der Waals surface area contributed by atoms with Crippen LogP contribution in [0.15, 0.2) is 42.5 Å². The number of nitrogens with one attached hydrogen (secondary N) is 2. The van der Waals surface area contributed by atoms with Crippen LogP contribution < -0.4 is 15.4 Å². The number of nitrogens with zero attached hydrogens (tertiary/aromatic N) is 1. The van der Waals surface area contributed by atoms with Crippen LogP contribution in [0.4, 0.5) is 21.9 Å². The minimum atomic E-state index is -0.828. The van der Waals surface area contributed by atoms with Gasteiger partial charge in [-0.05, 0) is 18.2 Å². The maximum atomic E-state index is 11.9. The van der Waals surface area contributed by atoms with E-state index in [-0.39, 0.29) is 28.1 Å². The van der Waals surface area contributed by atoms with Crippen molar-refractivity contribution < 1.29 is 19.2 Å². The van der Waals surface area contributed by atoms with E-state index in [1.807, 2.05) is 0 Å². The molecule has 2 N–H and O–H groups in total. The number of rotatable bonds is 4. The van der Waals surface area contributed by atoms with Crippen molar-refractivity contribution >= 4 is 40.7 Å². The van der Waals surface area contributed by atoms with Crippen molar-refractivity contribution in [3.63, 3.8) is 0 Å². The number of amides is 2. The molecule has 2 aromatic carbocycles. The van der Waals surface area contributed by atoms with Gasteiger partial charge in [-0.15, -0.1) is 0 Å². The van der Waals surface area contributed by atoms with E-state index in [1.165, 1.54) is 31.2 Å². The zero-order valence-electron chi connectivity index (χ0n) is 12.4. The number of ether oxygens (including phenoxy) is 1. The average molecular weight is 350 g/mol. The standard InChI is InChI=1S/C15H12ClN3O5/c1-9(20)17-10-3-2-4-12(7-10)24-15(21)18-14-6-5-11(19(22)23)8-13(14)16/h2-8H,1H3,(H,17,20)(H,18,21). The second-order valence-corrected chi connectivity index (χ2v) is 5.05. The normalized spacial score (nSPS) is 9.92. The van der Waals surface area contributed by atoms with Gasteiger partial charge in [-0.3, -0.25) is 20.2 Å². The molecule has 0 aliphatic rings. The lowest BCUT2D eigenvalue weighted by Gasteiger charge is -2.09. The Labute approximate surface area is 141 Å². The van der Waals surface area contributed by atoms with E-state index in [9.17, 15) is 19.7 Å². The summed E-state index contributed by atoms with van der Waals surface area (Å²) in [7, 11) is 0. The summed E-state index contributed by atoms with van der Waals surface area (Å²) < 4.78 is 5.08. The van der Waals surface area contributed by atoms with E-state index >= 15 is 0 Å². The van der Waals surface area contributed by atoms with Crippen LogP contribution in [-0.2, 0) is 4.79 Å². The molecule has 0 fully saturated rings. The number of carbonyl (C=O) groups is 2. The van der Waals surface area contributed by atoms with Gasteiger partial charge in [-0.25, -0.2) is 4.79 Å². The second-order valence-electron chi connectivity index (χ2n) is 4.64. The number of hydrogen-bond acceptors (Lipinski definition) is 5. The lowest BCUT2D eigenvalue weighted by molar-refractivity contribution is -0.384. The van der Waals surface area contributed by atoms with Crippen LogP contribution in [0.25, 0.3) is 0 Å². The van der Waals surface area contributed by atoms with Crippen molar-refractivity contribution in [2.75, 3.05) is 10.6 Å². The highest BCUT2D eigenvalue weighted by Gasteiger charge is 2.13. The third-order valence-corrected chi connectivity index (χ3v) is 3.08. The van der Waals surface area contributed by atoms with Gasteiger partial charge in [0.1, 0.15) is 5.75 Å². The Bertz CT molecular complexity index is 809. The van der Waals surface area contributed by atoms with Crippen LogP contribution in [0.1, 0.15) is 6.92 Å². The summed E-state index contributed by atoms with van der Waals surface area (Å²) in [6.45, 7) is 1.36. The van der Waals surface area contributed by atoms with Crippen molar-refractivity contribution in [2.45, 2.75) is 6.92 Å². The molecule has 0 bridgehead atoms. The highest BCUT2D eigenvalue weighted by molar-refractivity contribution is 6.33. The van der Waals surface area contributed by atoms with Gasteiger partial charge in [-0.1, -0.05) is 17.7 Å². The molecule has 8 nitrogen and oxygen atoms in total. The van der Waals surface area contributed by atoms with Crippen LogP contribution >= 0.6 is 11.6 Å². The minimum absolute atomic E-state index is 0.00754. The first-order valence-electron chi connectivity index (χ1n) is 6.65. The van der Waals surface area contributed by atoms with Crippen molar-refractivity contribution in [3.05, 3.63) is 57.6 Å². The Morgan fingerprint density at radius 2 is 1.92 bits per heavy atom. The summed E-state index contributed by atoms with van der Waals surface area (Å²) in [5.41, 5.74) is 0.452. The molecule has 9 heteroatoms. The molecule has 0 radical (unpaired) electrons. The predicted octanol–water partition coefficient (Wildman–Crippen LogP) is 3.82. The van der Waals surface area contributed by atoms with Crippen LogP contribution in [0.3, 0.4) is 0 Å². The van der Waals surface area contributed by atoms with Gasteiger partial charge in [0.25, 0.3) is 5.69 Å². The van der Waals surface area contributed by atoms with E-state index in [0.29, 0.717) is 5.69 Å². The number of nitro benzene ring substituents is 1. The van der Waals surface area contributed by atoms with Gasteiger partial charge in [0.05, 0.1) is 15.6 Å². The molecule has 2 rings (SSSR count). The molecule has 0 aliphatic heterocycles. The molecule has 0 aliphatic carbocycles. The van der Waals surface area contributed by atoms with Crippen LogP contribution in [0, 0.1) is 10.1 Å². The first-order valence-corrected chi connectivity index (χ1v) is 7.03. The number of benzene rings is 2. The third-order valence-electron chi connectivity index (χ3n) is 2.77. The van der Waals surface area contributed by atoms with E-state index in [0.717, 1.165) is 6.07 Å². The molecule has 2 aromatic rings. The van der Waals surface area contributed by atoms with Crippen molar-refractivity contribution in [1.82, 2.24) is 0 Å². The highest BCUT2D eigenvalue weighted by atomic mass is 35.5. The van der Waals surface area contributed by atoms with E-state index in [1.54, 1.807) is 12.1 Å². The zero-order chi connectivity index (χ0) is 17.7. The van der Waals surface area contributed by atoms with Gasteiger partial charge in [-0.2, -0.15) is 0 Å². The second kappa shape index (κ2) is 7.42. The minimum Gasteiger partial charge on any atom is -0.410 e. The number of halogens is 1. The Kier molecular flexibility index (Phi) is 5.33. The molecule has 2 amide bonds. The monoisotopic (exact) mass is 349 g/mol. The number of non-ortho nitro benzene ring substituents is 1. The average Bonchev–Trinajstić information content (AvgIpc) is 2.48. The van der Waals surface area contributed by atoms with E-state index in [2.05, 4.69) is 10.6 Å². The third kappa shape index (κ3) is 4.68. The molecule has 0 saturated heterocycles. The fourth-order valence-corrected chi connectivity index (χ4v) is 2.02. The molecule has 0 aromatic heterocycles. The van der Waals surface area contributed by atoms with Crippen molar-refractivity contribution in [3.8, 4) is 5.75 Å². The fraction of sp³-hybridized carbons (Fsp3) is 0.0667. The van der Waals surface area contributed by atoms with Gasteiger partial charge >= 0.3 is 6.09 Å². The highest BCUT2D eigenvalue weighted by Crippen LogP contribution is 2.27. The summed E-state index contributed by atoms with van der Waals surface area (Å²) in [5, 5.41) is 15.6. The Morgan fingerprint density at radius 3 is 2.54 bits per heavy atom. The van der Waals surface area contributed by atoms with Gasteiger partial charge in [0.15, 0.2) is 0 Å². The molecule has 0 heterocycles. The van der Waals surface area contributed by atoms with Crippen molar-refractivity contribution in [2.24, 2.45) is 0 Å². The first kappa shape index (κ1) is 17.2. The number of hydrogen-bond donors (Lipinski definition) is 2. The predicted molar refractivity (Wildman–Crippen MR) is 88.5 cm³/mol. The SMILES string of the molecule is CC(=O)Nc1cccc(OC(=O)Nc2ccc([N+](=O)[O-])cc2Cl)c1. The topological polar surface area (TPSA) is 111 Å². The maximum Gasteiger partial charge on any atom is 0.417 e. The first-order chi connectivity index (χ1) is 11.3. The molecule has 0 saturated carbocycles. The van der Waals surface area contributed by atoms with E-state index < -0.39 is 11.0 Å². The summed E-state index contributed by atoms with van der Waals surface area (Å²) in [6.07, 6.45) is -0.828. The number of anilines is 2. The van der Waals surface area contributed by atoms with Crippen LogP contribution in [-0.4, -0.2) is 16.9 Å². The molecular formula is C15H12ClN3O5. The quantitative estimate of drug-likeness (QED) is 0.644. The number of nitro groups is 1. The molecule has 0 atom stereocenters. The Hall–Kier alpha value is -3.13. The summed E-state index contributed by atoms with van der Waals surface area (Å²) in [6, 6.07) is 9.87. The van der Waals surface area contributed by atoms with Gasteiger partial charge < -0.3 is 10.1 Å². The van der Waals surface area contributed by atoms with Crippen LogP contribution in [0.2, 0.25) is 5.02 Å². The van der Waals surface area contributed by atoms with Crippen molar-refractivity contribution in [1.29, 1.82) is 0 Å². The number of carbonyl (C=O) groups excluding carboxylic acids is 2. The Morgan fingerprint density at radius 1 is 1.17 bits per heavy atom.